The molecule has 2 fully saturated rings. The lowest BCUT2D eigenvalue weighted by atomic mass is 9.68. The first-order valence-electron chi connectivity index (χ1n) is 6.10. The average molecular weight is 211 g/mol. The highest BCUT2D eigenvalue weighted by atomic mass is 16.4. The lowest BCUT2D eigenvalue weighted by Gasteiger charge is -2.38. The Morgan fingerprint density at radius 3 is 2.73 bits per heavy atom. The molecule has 2 aliphatic carbocycles. The number of carboxylic acid groups (broad SMARTS) is 1. The van der Waals surface area contributed by atoms with Crippen molar-refractivity contribution in [2.24, 2.45) is 23.0 Å². The normalized spacial score (nSPS) is 40.1. The third-order valence-electron chi connectivity index (χ3n) is 4.62. The molecule has 3 atom stereocenters. The first kappa shape index (κ1) is 10.9. The second kappa shape index (κ2) is 4.12. The van der Waals surface area contributed by atoms with Gasteiger partial charge in [0.2, 0.25) is 0 Å². The Kier molecular flexibility index (Phi) is 3.01. The van der Waals surface area contributed by atoms with E-state index in [1.54, 1.807) is 0 Å². The highest BCUT2D eigenvalue weighted by Crippen LogP contribution is 2.54. The van der Waals surface area contributed by atoms with E-state index in [1.807, 2.05) is 0 Å². The summed E-state index contributed by atoms with van der Waals surface area (Å²) in [5, 5.41) is 9.00. The Morgan fingerprint density at radius 1 is 1.33 bits per heavy atom. The van der Waals surface area contributed by atoms with Crippen LogP contribution in [-0.2, 0) is 4.79 Å². The van der Waals surface area contributed by atoms with Gasteiger partial charge in [-0.2, -0.15) is 0 Å². The number of hydrogen-bond donors (Lipinski definition) is 2. The molecule has 3 unspecified atom stereocenters. The SMILES string of the molecule is NCC1(CC(=O)O)CCC2CCCCC21. The summed E-state index contributed by atoms with van der Waals surface area (Å²) in [5.41, 5.74) is 5.79. The van der Waals surface area contributed by atoms with Gasteiger partial charge in [0, 0.05) is 0 Å². The molecule has 0 amide bonds. The molecule has 0 bridgehead atoms. The van der Waals surface area contributed by atoms with Crippen LogP contribution in [0.2, 0.25) is 0 Å². The zero-order valence-electron chi connectivity index (χ0n) is 9.24. The number of carboxylic acids is 1. The number of fused-ring (bicyclic) bond motifs is 1. The lowest BCUT2D eigenvalue weighted by Crippen LogP contribution is -2.39. The molecule has 0 spiro atoms. The zero-order valence-corrected chi connectivity index (χ0v) is 9.24. The quantitative estimate of drug-likeness (QED) is 0.750. The molecule has 3 nitrogen and oxygen atoms in total. The number of carbonyl (C=O) groups is 1. The summed E-state index contributed by atoms with van der Waals surface area (Å²) in [4.78, 5) is 10.9. The van der Waals surface area contributed by atoms with Crippen molar-refractivity contribution in [1.29, 1.82) is 0 Å². The fourth-order valence-electron chi connectivity index (χ4n) is 3.86. The van der Waals surface area contributed by atoms with Gasteiger partial charge < -0.3 is 10.8 Å². The molecule has 0 aliphatic heterocycles. The third-order valence-corrected chi connectivity index (χ3v) is 4.62. The maximum atomic E-state index is 10.9. The largest absolute Gasteiger partial charge is 0.481 e. The van der Waals surface area contributed by atoms with Crippen molar-refractivity contribution in [3.05, 3.63) is 0 Å². The van der Waals surface area contributed by atoms with E-state index in [0.29, 0.717) is 12.5 Å². The highest BCUT2D eigenvalue weighted by molar-refractivity contribution is 5.68. The van der Waals surface area contributed by atoms with Crippen molar-refractivity contribution < 1.29 is 9.90 Å². The predicted octanol–water partition coefficient (Wildman–Crippen LogP) is 2.01. The molecule has 0 aromatic rings. The summed E-state index contributed by atoms with van der Waals surface area (Å²) < 4.78 is 0. The van der Waals surface area contributed by atoms with Gasteiger partial charge in [0.05, 0.1) is 6.42 Å². The molecule has 2 aliphatic rings. The van der Waals surface area contributed by atoms with Gasteiger partial charge in [-0.3, -0.25) is 4.79 Å². The van der Waals surface area contributed by atoms with Gasteiger partial charge in [0.1, 0.15) is 0 Å². The summed E-state index contributed by atoms with van der Waals surface area (Å²) >= 11 is 0. The summed E-state index contributed by atoms with van der Waals surface area (Å²) in [6.07, 6.45) is 7.61. The lowest BCUT2D eigenvalue weighted by molar-refractivity contribution is -0.140. The van der Waals surface area contributed by atoms with Gasteiger partial charge in [-0.1, -0.05) is 19.3 Å². The fraction of sp³-hybridized carbons (Fsp3) is 0.917. The van der Waals surface area contributed by atoms with E-state index in [0.717, 1.165) is 12.3 Å². The van der Waals surface area contributed by atoms with E-state index < -0.39 is 5.97 Å². The minimum atomic E-state index is -0.674. The minimum Gasteiger partial charge on any atom is -0.481 e. The van der Waals surface area contributed by atoms with Crippen molar-refractivity contribution in [2.45, 2.75) is 44.9 Å². The van der Waals surface area contributed by atoms with E-state index in [-0.39, 0.29) is 11.8 Å². The van der Waals surface area contributed by atoms with Crippen molar-refractivity contribution >= 4 is 5.97 Å². The van der Waals surface area contributed by atoms with Crippen molar-refractivity contribution in [1.82, 2.24) is 0 Å². The van der Waals surface area contributed by atoms with Crippen LogP contribution < -0.4 is 5.73 Å². The fourth-order valence-corrected chi connectivity index (χ4v) is 3.86. The smallest absolute Gasteiger partial charge is 0.303 e. The van der Waals surface area contributed by atoms with Crippen LogP contribution in [-0.4, -0.2) is 17.6 Å². The summed E-state index contributed by atoms with van der Waals surface area (Å²) in [7, 11) is 0. The van der Waals surface area contributed by atoms with Gasteiger partial charge in [-0.05, 0) is 43.1 Å². The summed E-state index contributed by atoms with van der Waals surface area (Å²) in [6, 6.07) is 0. The standard InChI is InChI=1S/C12H21NO2/c13-8-12(7-11(14)15)6-5-9-3-1-2-4-10(9)12/h9-10H,1-8,13H2,(H,14,15). The Hall–Kier alpha value is -0.570. The molecule has 0 saturated heterocycles. The molecule has 2 saturated carbocycles. The molecular weight excluding hydrogens is 190 g/mol. The second-order valence-electron chi connectivity index (χ2n) is 5.33. The molecule has 0 radical (unpaired) electrons. The van der Waals surface area contributed by atoms with Crippen molar-refractivity contribution in [3.8, 4) is 0 Å². The predicted molar refractivity (Wildman–Crippen MR) is 58.4 cm³/mol. The Bertz CT molecular complexity index is 254. The molecule has 0 aromatic heterocycles. The van der Waals surface area contributed by atoms with Gasteiger partial charge in [-0.15, -0.1) is 0 Å². The van der Waals surface area contributed by atoms with E-state index >= 15 is 0 Å². The molecule has 3 heteroatoms. The van der Waals surface area contributed by atoms with Crippen LogP contribution in [0.15, 0.2) is 0 Å². The number of nitrogens with two attached hydrogens (primary N) is 1. The first-order valence-corrected chi connectivity index (χ1v) is 6.10. The van der Waals surface area contributed by atoms with E-state index in [2.05, 4.69) is 0 Å². The van der Waals surface area contributed by atoms with Gasteiger partial charge in [-0.25, -0.2) is 0 Å². The van der Waals surface area contributed by atoms with Crippen LogP contribution in [0.1, 0.15) is 44.9 Å². The molecule has 2 rings (SSSR count). The molecule has 0 heterocycles. The number of hydrogen-bond acceptors (Lipinski definition) is 2. The van der Waals surface area contributed by atoms with Crippen LogP contribution in [0.25, 0.3) is 0 Å². The maximum Gasteiger partial charge on any atom is 0.303 e. The summed E-state index contributed by atoms with van der Waals surface area (Å²) in [5.74, 6) is 0.681. The molecule has 0 aromatic carbocycles. The van der Waals surface area contributed by atoms with Crippen molar-refractivity contribution in [2.75, 3.05) is 6.54 Å². The Balaban J connectivity index is 2.14. The zero-order chi connectivity index (χ0) is 10.9. The van der Waals surface area contributed by atoms with E-state index in [4.69, 9.17) is 10.8 Å². The maximum absolute atomic E-state index is 10.9. The third kappa shape index (κ3) is 1.89. The van der Waals surface area contributed by atoms with Gasteiger partial charge in [0.15, 0.2) is 0 Å². The number of rotatable bonds is 3. The average Bonchev–Trinajstić information content (AvgIpc) is 2.58. The van der Waals surface area contributed by atoms with Gasteiger partial charge in [0.25, 0.3) is 0 Å². The Morgan fingerprint density at radius 2 is 2.07 bits per heavy atom. The van der Waals surface area contributed by atoms with Crippen LogP contribution >= 0.6 is 0 Å². The highest BCUT2D eigenvalue weighted by Gasteiger charge is 2.48. The first-order chi connectivity index (χ1) is 7.18. The van der Waals surface area contributed by atoms with Crippen LogP contribution in [0.3, 0.4) is 0 Å². The van der Waals surface area contributed by atoms with Crippen LogP contribution in [0.4, 0.5) is 0 Å². The molecule has 3 N–H and O–H groups in total. The number of aliphatic carboxylic acids is 1. The van der Waals surface area contributed by atoms with Crippen LogP contribution in [0.5, 0.6) is 0 Å². The Labute approximate surface area is 91.0 Å². The molecular formula is C12H21NO2. The molecule has 15 heavy (non-hydrogen) atoms. The second-order valence-corrected chi connectivity index (χ2v) is 5.33. The summed E-state index contributed by atoms with van der Waals surface area (Å²) in [6.45, 7) is 0.556. The van der Waals surface area contributed by atoms with Crippen molar-refractivity contribution in [3.63, 3.8) is 0 Å². The topological polar surface area (TPSA) is 63.3 Å². The monoisotopic (exact) mass is 211 g/mol. The molecule has 86 valence electrons. The van der Waals surface area contributed by atoms with Gasteiger partial charge >= 0.3 is 5.97 Å². The van der Waals surface area contributed by atoms with E-state index in [1.165, 1.54) is 32.1 Å². The van der Waals surface area contributed by atoms with Crippen LogP contribution in [0, 0.1) is 17.3 Å². The van der Waals surface area contributed by atoms with E-state index in [9.17, 15) is 4.79 Å². The minimum absolute atomic E-state index is 0.0725.